The first kappa shape index (κ1) is 21.5. The highest BCUT2D eigenvalue weighted by atomic mass is 19.1. The summed E-state index contributed by atoms with van der Waals surface area (Å²) in [6.45, 7) is 4.65. The first-order valence-electron chi connectivity index (χ1n) is 10.5. The fourth-order valence-electron chi connectivity index (χ4n) is 3.86. The summed E-state index contributed by atoms with van der Waals surface area (Å²) >= 11 is 0. The molecule has 0 aliphatic carbocycles. The van der Waals surface area contributed by atoms with Crippen molar-refractivity contribution in [2.75, 3.05) is 16.8 Å². The fraction of sp³-hybridized carbons (Fsp3) is 0.240. The van der Waals surface area contributed by atoms with Gasteiger partial charge in [0.1, 0.15) is 18.2 Å². The molecule has 1 saturated heterocycles. The molecule has 0 atom stereocenters. The minimum absolute atomic E-state index is 0.0857. The number of amides is 2. The summed E-state index contributed by atoms with van der Waals surface area (Å²) in [5.41, 5.74) is 3.63. The Hall–Kier alpha value is -3.74. The van der Waals surface area contributed by atoms with E-state index >= 15 is 0 Å². The molecule has 1 aromatic heterocycles. The standard InChI is InChI=1S/C25H24FN3O3/c1-16-11-19(12-17(2)24(16)32-15-18-5-3-9-27-14-18)25(31)28-20-7-8-22(21(26)13-20)29-10-4-6-23(29)30/h3,5,7-9,11-14H,4,6,10,15H2,1-2H3,(H,28,31). The smallest absolute Gasteiger partial charge is 0.255 e. The Bertz CT molecular complexity index is 1140. The van der Waals surface area contributed by atoms with E-state index in [0.717, 1.165) is 28.9 Å². The van der Waals surface area contributed by atoms with Gasteiger partial charge in [0.05, 0.1) is 5.69 Å². The third-order valence-electron chi connectivity index (χ3n) is 5.40. The van der Waals surface area contributed by atoms with Gasteiger partial charge < -0.3 is 15.0 Å². The molecule has 2 heterocycles. The lowest BCUT2D eigenvalue weighted by atomic mass is 10.0. The van der Waals surface area contributed by atoms with Crippen LogP contribution in [0.3, 0.4) is 0 Å². The molecule has 4 rings (SSSR count). The molecule has 0 radical (unpaired) electrons. The molecule has 0 spiro atoms. The zero-order chi connectivity index (χ0) is 22.7. The van der Waals surface area contributed by atoms with Crippen LogP contribution in [0.5, 0.6) is 5.75 Å². The molecular formula is C25H24FN3O3. The van der Waals surface area contributed by atoms with E-state index in [4.69, 9.17) is 4.74 Å². The number of aromatic nitrogens is 1. The van der Waals surface area contributed by atoms with Crippen LogP contribution in [0.4, 0.5) is 15.8 Å². The normalized spacial score (nSPS) is 13.3. The Morgan fingerprint density at radius 2 is 1.97 bits per heavy atom. The van der Waals surface area contributed by atoms with E-state index in [2.05, 4.69) is 10.3 Å². The quantitative estimate of drug-likeness (QED) is 0.606. The van der Waals surface area contributed by atoms with Crippen molar-refractivity contribution in [2.24, 2.45) is 0 Å². The number of rotatable bonds is 6. The minimum Gasteiger partial charge on any atom is -0.488 e. The Morgan fingerprint density at radius 1 is 1.19 bits per heavy atom. The van der Waals surface area contributed by atoms with Gasteiger partial charge >= 0.3 is 0 Å². The number of halogens is 1. The van der Waals surface area contributed by atoms with E-state index in [1.165, 1.54) is 17.0 Å². The van der Waals surface area contributed by atoms with Crippen LogP contribution in [0.2, 0.25) is 0 Å². The number of ether oxygens (including phenoxy) is 1. The molecule has 32 heavy (non-hydrogen) atoms. The van der Waals surface area contributed by atoms with Crippen LogP contribution in [0.15, 0.2) is 54.9 Å². The average Bonchev–Trinajstić information content (AvgIpc) is 3.19. The maximum Gasteiger partial charge on any atom is 0.255 e. The van der Waals surface area contributed by atoms with Crippen molar-refractivity contribution in [3.8, 4) is 5.75 Å². The number of aryl methyl sites for hydroxylation is 2. The molecule has 2 amide bonds. The van der Waals surface area contributed by atoms with Gasteiger partial charge in [-0.15, -0.1) is 0 Å². The maximum absolute atomic E-state index is 14.6. The monoisotopic (exact) mass is 433 g/mol. The molecule has 1 aliphatic heterocycles. The fourth-order valence-corrected chi connectivity index (χ4v) is 3.86. The van der Waals surface area contributed by atoms with E-state index in [9.17, 15) is 14.0 Å². The summed E-state index contributed by atoms with van der Waals surface area (Å²) < 4.78 is 20.5. The Balaban J connectivity index is 1.46. The lowest BCUT2D eigenvalue weighted by Gasteiger charge is -2.17. The molecule has 2 aromatic carbocycles. The summed E-state index contributed by atoms with van der Waals surface area (Å²) in [6.07, 6.45) is 4.60. The van der Waals surface area contributed by atoms with Crippen molar-refractivity contribution in [3.63, 3.8) is 0 Å². The van der Waals surface area contributed by atoms with Crippen LogP contribution in [-0.2, 0) is 11.4 Å². The number of anilines is 2. The Kier molecular flexibility index (Phi) is 6.16. The molecule has 3 aromatic rings. The third-order valence-corrected chi connectivity index (χ3v) is 5.40. The molecule has 1 fully saturated rings. The van der Waals surface area contributed by atoms with Crippen molar-refractivity contribution in [1.82, 2.24) is 4.98 Å². The Labute approximate surface area is 186 Å². The number of carbonyl (C=O) groups excluding carboxylic acids is 2. The highest BCUT2D eigenvalue weighted by molar-refractivity contribution is 6.05. The zero-order valence-electron chi connectivity index (χ0n) is 18.0. The van der Waals surface area contributed by atoms with Gasteiger partial charge in [0.15, 0.2) is 0 Å². The second-order valence-corrected chi connectivity index (χ2v) is 7.86. The molecule has 7 heteroatoms. The second kappa shape index (κ2) is 9.18. The summed E-state index contributed by atoms with van der Waals surface area (Å²) in [7, 11) is 0. The van der Waals surface area contributed by atoms with Crippen LogP contribution < -0.4 is 15.0 Å². The molecule has 164 valence electrons. The zero-order valence-corrected chi connectivity index (χ0v) is 18.0. The minimum atomic E-state index is -0.537. The van der Waals surface area contributed by atoms with Crippen molar-refractivity contribution in [3.05, 3.63) is 82.9 Å². The molecule has 0 bridgehead atoms. The van der Waals surface area contributed by atoms with Gasteiger partial charge in [0.25, 0.3) is 5.91 Å². The summed E-state index contributed by atoms with van der Waals surface area (Å²) in [6, 6.07) is 11.6. The lowest BCUT2D eigenvalue weighted by molar-refractivity contribution is -0.117. The van der Waals surface area contributed by atoms with Gasteiger partial charge in [-0.05, 0) is 67.8 Å². The highest BCUT2D eigenvalue weighted by Crippen LogP contribution is 2.28. The Morgan fingerprint density at radius 3 is 2.59 bits per heavy atom. The lowest BCUT2D eigenvalue weighted by Crippen LogP contribution is -2.24. The van der Waals surface area contributed by atoms with Gasteiger partial charge in [-0.25, -0.2) is 4.39 Å². The third kappa shape index (κ3) is 4.61. The van der Waals surface area contributed by atoms with Crippen molar-refractivity contribution < 1.29 is 18.7 Å². The molecule has 0 unspecified atom stereocenters. The number of nitrogens with one attached hydrogen (secondary N) is 1. The molecular weight excluding hydrogens is 409 g/mol. The number of carbonyl (C=O) groups is 2. The van der Waals surface area contributed by atoms with Crippen molar-refractivity contribution in [1.29, 1.82) is 0 Å². The second-order valence-electron chi connectivity index (χ2n) is 7.86. The van der Waals surface area contributed by atoms with E-state index < -0.39 is 5.82 Å². The van der Waals surface area contributed by atoms with Gasteiger partial charge in [-0.3, -0.25) is 14.6 Å². The SMILES string of the molecule is Cc1cc(C(=O)Nc2ccc(N3CCCC3=O)c(F)c2)cc(C)c1OCc1cccnc1. The topological polar surface area (TPSA) is 71.5 Å². The summed E-state index contributed by atoms with van der Waals surface area (Å²) in [4.78, 5) is 30.2. The van der Waals surface area contributed by atoms with Crippen LogP contribution in [0.25, 0.3) is 0 Å². The average molecular weight is 433 g/mol. The summed E-state index contributed by atoms with van der Waals surface area (Å²) in [5, 5.41) is 2.73. The first-order valence-corrected chi connectivity index (χ1v) is 10.5. The van der Waals surface area contributed by atoms with E-state index in [1.54, 1.807) is 30.6 Å². The number of hydrogen-bond donors (Lipinski definition) is 1. The molecule has 1 aliphatic rings. The molecule has 1 N–H and O–H groups in total. The van der Waals surface area contributed by atoms with Crippen LogP contribution in [-0.4, -0.2) is 23.3 Å². The van der Waals surface area contributed by atoms with Crippen LogP contribution in [0.1, 0.15) is 39.9 Å². The van der Waals surface area contributed by atoms with Crippen molar-refractivity contribution >= 4 is 23.2 Å². The first-order chi connectivity index (χ1) is 15.4. The predicted molar refractivity (Wildman–Crippen MR) is 120 cm³/mol. The highest BCUT2D eigenvalue weighted by Gasteiger charge is 2.24. The maximum atomic E-state index is 14.6. The van der Waals surface area contributed by atoms with E-state index in [0.29, 0.717) is 30.8 Å². The van der Waals surface area contributed by atoms with Gasteiger partial charge in [-0.1, -0.05) is 6.07 Å². The number of pyridine rings is 1. The van der Waals surface area contributed by atoms with Gasteiger partial charge in [0.2, 0.25) is 5.91 Å². The van der Waals surface area contributed by atoms with Gasteiger partial charge in [-0.2, -0.15) is 0 Å². The number of nitrogens with zero attached hydrogens (tertiary/aromatic N) is 2. The molecule has 6 nitrogen and oxygen atoms in total. The van der Waals surface area contributed by atoms with Crippen LogP contribution >= 0.6 is 0 Å². The largest absolute Gasteiger partial charge is 0.488 e. The number of hydrogen-bond acceptors (Lipinski definition) is 4. The number of benzene rings is 2. The molecule has 0 saturated carbocycles. The van der Waals surface area contributed by atoms with E-state index in [-0.39, 0.29) is 17.5 Å². The van der Waals surface area contributed by atoms with Gasteiger partial charge in [0, 0.05) is 42.2 Å². The predicted octanol–water partition coefficient (Wildman–Crippen LogP) is 4.80. The van der Waals surface area contributed by atoms with E-state index in [1.807, 2.05) is 26.0 Å². The van der Waals surface area contributed by atoms with Crippen molar-refractivity contribution in [2.45, 2.75) is 33.3 Å². The van der Waals surface area contributed by atoms with Crippen LogP contribution in [0, 0.1) is 19.7 Å². The summed E-state index contributed by atoms with van der Waals surface area (Å²) in [5.74, 6) is -0.252.